The molecule has 0 bridgehead atoms. The molecule has 2 aromatic carbocycles. The van der Waals surface area contributed by atoms with E-state index in [2.05, 4.69) is 10.3 Å². The average Bonchev–Trinajstić information content (AvgIpc) is 3.03. The summed E-state index contributed by atoms with van der Waals surface area (Å²) in [5.41, 5.74) is 9.49. The van der Waals surface area contributed by atoms with E-state index in [0.717, 1.165) is 27.0 Å². The molecular weight excluding hydrogens is 378 g/mol. The first-order valence-corrected chi connectivity index (χ1v) is 9.58. The Kier molecular flexibility index (Phi) is 4.79. The van der Waals surface area contributed by atoms with Gasteiger partial charge in [0, 0.05) is 22.5 Å². The van der Waals surface area contributed by atoms with Gasteiger partial charge in [-0.3, -0.25) is 4.79 Å². The van der Waals surface area contributed by atoms with Crippen molar-refractivity contribution in [3.05, 3.63) is 82.2 Å². The molecular formula is C21H16ClN3OS. The van der Waals surface area contributed by atoms with E-state index < -0.39 is 0 Å². The van der Waals surface area contributed by atoms with Crippen LogP contribution in [0.3, 0.4) is 0 Å². The molecule has 2 aromatic heterocycles. The third-order valence-electron chi connectivity index (χ3n) is 4.24. The number of halogens is 1. The van der Waals surface area contributed by atoms with E-state index in [4.69, 9.17) is 17.3 Å². The zero-order valence-corrected chi connectivity index (χ0v) is 15.8. The molecule has 4 nitrogen and oxygen atoms in total. The van der Waals surface area contributed by atoms with Gasteiger partial charge in [0.25, 0.3) is 5.91 Å². The van der Waals surface area contributed by atoms with Gasteiger partial charge in [-0.2, -0.15) is 0 Å². The molecule has 3 N–H and O–H groups in total. The molecule has 0 atom stereocenters. The number of pyridine rings is 1. The van der Waals surface area contributed by atoms with Crippen LogP contribution in [0.2, 0.25) is 5.02 Å². The molecule has 0 saturated carbocycles. The molecule has 0 fully saturated rings. The van der Waals surface area contributed by atoms with Crippen LogP contribution in [0, 0.1) is 0 Å². The molecule has 0 aliphatic heterocycles. The van der Waals surface area contributed by atoms with E-state index in [9.17, 15) is 4.79 Å². The Labute approximate surface area is 165 Å². The lowest BCUT2D eigenvalue weighted by atomic mass is 10.1. The molecule has 6 heteroatoms. The van der Waals surface area contributed by atoms with Gasteiger partial charge in [-0.05, 0) is 29.8 Å². The van der Waals surface area contributed by atoms with Crippen molar-refractivity contribution in [3.8, 4) is 11.3 Å². The Morgan fingerprint density at radius 3 is 2.52 bits per heavy atom. The Balaban J connectivity index is 1.61. The van der Waals surface area contributed by atoms with Crippen molar-refractivity contribution < 1.29 is 4.79 Å². The van der Waals surface area contributed by atoms with Crippen LogP contribution in [0.4, 0.5) is 5.69 Å². The van der Waals surface area contributed by atoms with Crippen LogP contribution in [0.15, 0.2) is 66.7 Å². The highest BCUT2D eigenvalue weighted by molar-refractivity contribution is 7.21. The number of amides is 1. The summed E-state index contributed by atoms with van der Waals surface area (Å²) in [4.78, 5) is 18.5. The molecule has 0 spiro atoms. The molecule has 0 aliphatic rings. The van der Waals surface area contributed by atoms with Crippen LogP contribution < -0.4 is 11.1 Å². The number of nitrogens with zero attached hydrogens (tertiary/aromatic N) is 1. The zero-order chi connectivity index (χ0) is 18.8. The van der Waals surface area contributed by atoms with E-state index in [1.54, 1.807) is 0 Å². The lowest BCUT2D eigenvalue weighted by Crippen LogP contribution is -2.22. The molecule has 2 heterocycles. The Bertz CT molecular complexity index is 1110. The monoisotopic (exact) mass is 393 g/mol. The minimum absolute atomic E-state index is 0.188. The number of nitrogens with two attached hydrogens (primary N) is 1. The predicted octanol–water partition coefficient (Wildman–Crippen LogP) is 5.13. The quantitative estimate of drug-likeness (QED) is 0.505. The average molecular weight is 394 g/mol. The van der Waals surface area contributed by atoms with Crippen LogP contribution >= 0.6 is 22.9 Å². The minimum Gasteiger partial charge on any atom is -0.397 e. The number of fused-ring (bicyclic) bond motifs is 1. The maximum absolute atomic E-state index is 12.6. The number of carbonyl (C=O) groups excluding carboxylic acids is 1. The number of rotatable bonds is 4. The van der Waals surface area contributed by atoms with Crippen molar-refractivity contribution in [3.63, 3.8) is 0 Å². The number of nitrogen functional groups attached to an aromatic ring is 1. The maximum Gasteiger partial charge on any atom is 0.263 e. The molecule has 0 unspecified atom stereocenters. The number of benzene rings is 2. The summed E-state index contributed by atoms with van der Waals surface area (Å²) in [6.45, 7) is 0.455. The Morgan fingerprint density at radius 1 is 1.04 bits per heavy atom. The number of nitrogens with one attached hydrogen (secondary N) is 1. The first kappa shape index (κ1) is 17.5. The smallest absolute Gasteiger partial charge is 0.263 e. The highest BCUT2D eigenvalue weighted by Gasteiger charge is 2.17. The summed E-state index contributed by atoms with van der Waals surface area (Å²) in [6.07, 6.45) is 0. The first-order valence-electron chi connectivity index (χ1n) is 8.39. The number of hydrogen-bond donors (Lipinski definition) is 2. The zero-order valence-electron chi connectivity index (χ0n) is 14.3. The highest BCUT2D eigenvalue weighted by Crippen LogP contribution is 2.34. The summed E-state index contributed by atoms with van der Waals surface area (Å²) in [7, 11) is 0. The highest BCUT2D eigenvalue weighted by atomic mass is 35.5. The normalized spacial score (nSPS) is 10.9. The molecule has 0 radical (unpaired) electrons. The van der Waals surface area contributed by atoms with Crippen LogP contribution in [-0.2, 0) is 6.54 Å². The summed E-state index contributed by atoms with van der Waals surface area (Å²) in [6, 6.07) is 21.1. The van der Waals surface area contributed by atoms with Crippen molar-refractivity contribution >= 4 is 44.7 Å². The minimum atomic E-state index is -0.188. The number of aromatic nitrogens is 1. The lowest BCUT2D eigenvalue weighted by molar-refractivity contribution is 0.0956. The Hall–Kier alpha value is -2.89. The second kappa shape index (κ2) is 7.39. The number of anilines is 1. The van der Waals surface area contributed by atoms with Gasteiger partial charge in [0.05, 0.1) is 11.4 Å². The second-order valence-electron chi connectivity index (χ2n) is 6.07. The maximum atomic E-state index is 12.6. The topological polar surface area (TPSA) is 68.0 Å². The predicted molar refractivity (Wildman–Crippen MR) is 112 cm³/mol. The van der Waals surface area contributed by atoms with Gasteiger partial charge >= 0.3 is 0 Å². The summed E-state index contributed by atoms with van der Waals surface area (Å²) < 4.78 is 0. The molecule has 27 heavy (non-hydrogen) atoms. The number of thiophene rings is 1. The number of hydrogen-bond acceptors (Lipinski definition) is 4. The number of carbonyl (C=O) groups is 1. The van der Waals surface area contributed by atoms with Crippen molar-refractivity contribution in [1.29, 1.82) is 0 Å². The van der Waals surface area contributed by atoms with Gasteiger partial charge in [-0.15, -0.1) is 11.3 Å². The van der Waals surface area contributed by atoms with Gasteiger partial charge < -0.3 is 11.1 Å². The van der Waals surface area contributed by atoms with Crippen LogP contribution in [-0.4, -0.2) is 10.9 Å². The first-order chi connectivity index (χ1) is 13.1. The Morgan fingerprint density at radius 2 is 1.78 bits per heavy atom. The van der Waals surface area contributed by atoms with Gasteiger partial charge in [0.1, 0.15) is 9.71 Å². The molecule has 134 valence electrons. The fraction of sp³-hybridized carbons (Fsp3) is 0.0476. The largest absolute Gasteiger partial charge is 0.397 e. The second-order valence-corrected chi connectivity index (χ2v) is 7.50. The van der Waals surface area contributed by atoms with E-state index in [1.165, 1.54) is 11.3 Å². The van der Waals surface area contributed by atoms with Gasteiger partial charge in [0.15, 0.2) is 0 Å². The molecule has 1 amide bonds. The fourth-order valence-corrected chi connectivity index (χ4v) is 3.94. The van der Waals surface area contributed by atoms with Crippen molar-refractivity contribution in [2.75, 3.05) is 5.73 Å². The summed E-state index contributed by atoms with van der Waals surface area (Å²) in [5.74, 6) is -0.188. The third kappa shape index (κ3) is 3.65. The van der Waals surface area contributed by atoms with E-state index in [-0.39, 0.29) is 5.91 Å². The van der Waals surface area contributed by atoms with Gasteiger partial charge in [-0.25, -0.2) is 4.98 Å². The molecule has 0 saturated heterocycles. The molecule has 4 rings (SSSR count). The van der Waals surface area contributed by atoms with Crippen LogP contribution in [0.1, 0.15) is 15.2 Å². The third-order valence-corrected chi connectivity index (χ3v) is 5.60. The standard InChI is InChI=1S/C21H16ClN3OS/c22-15-8-6-14(7-9-15)17-11-10-16-18(23)19(27-21(16)25-17)20(26)24-12-13-4-2-1-3-5-13/h1-11H,12,23H2,(H,24,26). The van der Waals surface area contributed by atoms with E-state index in [0.29, 0.717) is 22.1 Å². The molecule has 0 aliphatic carbocycles. The fourth-order valence-electron chi connectivity index (χ4n) is 2.81. The van der Waals surface area contributed by atoms with Crippen molar-refractivity contribution in [1.82, 2.24) is 10.3 Å². The van der Waals surface area contributed by atoms with Crippen molar-refractivity contribution in [2.45, 2.75) is 6.54 Å². The van der Waals surface area contributed by atoms with E-state index in [1.807, 2.05) is 66.7 Å². The SMILES string of the molecule is Nc1c(C(=O)NCc2ccccc2)sc2nc(-c3ccc(Cl)cc3)ccc12. The van der Waals surface area contributed by atoms with Gasteiger partial charge in [0.2, 0.25) is 0 Å². The molecule has 4 aromatic rings. The van der Waals surface area contributed by atoms with Crippen LogP contribution in [0.25, 0.3) is 21.5 Å². The summed E-state index contributed by atoms with van der Waals surface area (Å²) >= 11 is 7.25. The van der Waals surface area contributed by atoms with E-state index >= 15 is 0 Å². The summed E-state index contributed by atoms with van der Waals surface area (Å²) in [5, 5.41) is 4.39. The van der Waals surface area contributed by atoms with Gasteiger partial charge in [-0.1, -0.05) is 54.1 Å². The van der Waals surface area contributed by atoms with Crippen LogP contribution in [0.5, 0.6) is 0 Å². The van der Waals surface area contributed by atoms with Crippen molar-refractivity contribution in [2.24, 2.45) is 0 Å². The lowest BCUT2D eigenvalue weighted by Gasteiger charge is -2.04.